The lowest BCUT2D eigenvalue weighted by atomic mass is 9.94. The van der Waals surface area contributed by atoms with Gasteiger partial charge in [0.15, 0.2) is 0 Å². The van der Waals surface area contributed by atoms with Gasteiger partial charge in [0, 0.05) is 5.56 Å². The molecule has 2 atom stereocenters. The second kappa shape index (κ2) is 5.39. The summed E-state index contributed by atoms with van der Waals surface area (Å²) in [6, 6.07) is 5.89. The van der Waals surface area contributed by atoms with Crippen molar-refractivity contribution in [3.8, 4) is 11.5 Å². The van der Waals surface area contributed by atoms with Crippen molar-refractivity contribution < 1.29 is 14.6 Å². The molecule has 0 spiro atoms. The third kappa shape index (κ3) is 2.42. The first-order valence-electron chi connectivity index (χ1n) is 7.02. The number of nitrogens with zero attached hydrogens (tertiary/aromatic N) is 1. The molecule has 2 aliphatic rings. The average Bonchev–Trinajstić information content (AvgIpc) is 2.47. The summed E-state index contributed by atoms with van der Waals surface area (Å²) in [5.74, 6) is 1.69. The lowest BCUT2D eigenvalue weighted by molar-refractivity contribution is -0.00685. The molecule has 1 aromatic rings. The molecule has 2 unspecified atom stereocenters. The molecule has 19 heavy (non-hydrogen) atoms. The van der Waals surface area contributed by atoms with E-state index in [9.17, 15) is 5.11 Å². The highest BCUT2D eigenvalue weighted by Crippen LogP contribution is 2.39. The summed E-state index contributed by atoms with van der Waals surface area (Å²) in [7, 11) is 1.66. The molecule has 0 radical (unpaired) electrons. The first-order valence-corrected chi connectivity index (χ1v) is 7.02. The van der Waals surface area contributed by atoms with Crippen LogP contribution in [0.15, 0.2) is 18.2 Å². The van der Waals surface area contributed by atoms with Crippen LogP contribution in [0.2, 0.25) is 0 Å². The predicted octanol–water partition coefficient (Wildman–Crippen LogP) is 1.98. The second-order valence-corrected chi connectivity index (χ2v) is 5.32. The number of aliphatic hydroxyl groups excluding tert-OH is 1. The number of hydrogen-bond donors (Lipinski definition) is 1. The van der Waals surface area contributed by atoms with Gasteiger partial charge in [0.05, 0.1) is 13.2 Å². The molecule has 2 aliphatic heterocycles. The third-order valence-electron chi connectivity index (χ3n) is 4.09. The zero-order chi connectivity index (χ0) is 13.2. The van der Waals surface area contributed by atoms with Gasteiger partial charge in [-0.2, -0.15) is 0 Å². The molecular weight excluding hydrogens is 242 g/mol. The standard InChI is InChI=1S/C15H21NO3/c1-18-11-5-6-14-12(9-11)15(13(17)10-19-14)16-7-3-2-4-8-16/h5-6,9,13,15,17H,2-4,7-8,10H2,1H3. The normalized spacial score (nSPS) is 27.5. The summed E-state index contributed by atoms with van der Waals surface area (Å²) >= 11 is 0. The molecule has 0 saturated carbocycles. The molecule has 0 aromatic heterocycles. The first-order chi connectivity index (χ1) is 9.29. The Morgan fingerprint density at radius 2 is 2.05 bits per heavy atom. The van der Waals surface area contributed by atoms with Crippen molar-refractivity contribution in [3.05, 3.63) is 23.8 Å². The lowest BCUT2D eigenvalue weighted by Gasteiger charge is -2.40. The highest BCUT2D eigenvalue weighted by molar-refractivity contribution is 5.44. The van der Waals surface area contributed by atoms with Gasteiger partial charge in [0.2, 0.25) is 0 Å². The molecule has 4 nitrogen and oxygen atoms in total. The van der Waals surface area contributed by atoms with Gasteiger partial charge in [-0.1, -0.05) is 6.42 Å². The van der Waals surface area contributed by atoms with E-state index in [4.69, 9.17) is 9.47 Å². The molecule has 3 rings (SSSR count). The van der Waals surface area contributed by atoms with Crippen molar-refractivity contribution in [3.63, 3.8) is 0 Å². The van der Waals surface area contributed by atoms with Crippen LogP contribution in [0.3, 0.4) is 0 Å². The van der Waals surface area contributed by atoms with Crippen LogP contribution in [0.4, 0.5) is 0 Å². The van der Waals surface area contributed by atoms with Gasteiger partial charge in [-0.3, -0.25) is 4.90 Å². The molecule has 1 N–H and O–H groups in total. The van der Waals surface area contributed by atoms with E-state index in [1.165, 1.54) is 19.3 Å². The SMILES string of the molecule is COc1ccc2c(c1)C(N1CCCCC1)C(O)CO2. The van der Waals surface area contributed by atoms with E-state index in [0.717, 1.165) is 30.2 Å². The monoisotopic (exact) mass is 263 g/mol. The van der Waals surface area contributed by atoms with Gasteiger partial charge in [-0.25, -0.2) is 0 Å². The Morgan fingerprint density at radius 1 is 1.26 bits per heavy atom. The summed E-state index contributed by atoms with van der Waals surface area (Å²) in [5.41, 5.74) is 1.06. The second-order valence-electron chi connectivity index (χ2n) is 5.32. The molecule has 1 aromatic carbocycles. The van der Waals surface area contributed by atoms with E-state index in [0.29, 0.717) is 6.61 Å². The maximum absolute atomic E-state index is 10.3. The quantitative estimate of drug-likeness (QED) is 0.886. The number of likely N-dealkylation sites (tertiary alicyclic amines) is 1. The summed E-state index contributed by atoms with van der Waals surface area (Å²) in [6.45, 7) is 2.48. The number of fused-ring (bicyclic) bond motifs is 1. The summed E-state index contributed by atoms with van der Waals surface area (Å²) < 4.78 is 10.9. The van der Waals surface area contributed by atoms with Crippen LogP contribution in [-0.2, 0) is 0 Å². The Balaban J connectivity index is 1.94. The number of methoxy groups -OCH3 is 1. The number of hydrogen-bond acceptors (Lipinski definition) is 4. The van der Waals surface area contributed by atoms with E-state index in [-0.39, 0.29) is 6.04 Å². The van der Waals surface area contributed by atoms with Crippen LogP contribution in [0.1, 0.15) is 30.9 Å². The van der Waals surface area contributed by atoms with Crippen LogP contribution < -0.4 is 9.47 Å². The van der Waals surface area contributed by atoms with Crippen molar-refractivity contribution in [2.24, 2.45) is 0 Å². The number of rotatable bonds is 2. The fourth-order valence-corrected chi connectivity index (χ4v) is 3.13. The van der Waals surface area contributed by atoms with Gasteiger partial charge in [0.1, 0.15) is 24.2 Å². The van der Waals surface area contributed by atoms with Crippen molar-refractivity contribution in [2.75, 3.05) is 26.8 Å². The minimum atomic E-state index is -0.460. The summed E-state index contributed by atoms with van der Waals surface area (Å²) in [5, 5.41) is 10.3. The molecular formula is C15H21NO3. The van der Waals surface area contributed by atoms with Gasteiger partial charge in [0.25, 0.3) is 0 Å². The van der Waals surface area contributed by atoms with Crippen molar-refractivity contribution in [2.45, 2.75) is 31.4 Å². The summed E-state index contributed by atoms with van der Waals surface area (Å²) in [4.78, 5) is 2.38. The largest absolute Gasteiger partial charge is 0.497 e. The number of benzene rings is 1. The molecule has 1 saturated heterocycles. The van der Waals surface area contributed by atoms with Crippen molar-refractivity contribution >= 4 is 0 Å². The number of ether oxygens (including phenoxy) is 2. The fraction of sp³-hybridized carbons (Fsp3) is 0.600. The van der Waals surface area contributed by atoms with E-state index in [1.807, 2.05) is 18.2 Å². The lowest BCUT2D eigenvalue weighted by Crippen LogP contribution is -2.44. The van der Waals surface area contributed by atoms with Crippen LogP contribution in [-0.4, -0.2) is 42.9 Å². The van der Waals surface area contributed by atoms with Gasteiger partial charge < -0.3 is 14.6 Å². The van der Waals surface area contributed by atoms with Crippen molar-refractivity contribution in [1.82, 2.24) is 4.90 Å². The number of aliphatic hydroxyl groups is 1. The molecule has 104 valence electrons. The van der Waals surface area contributed by atoms with Crippen molar-refractivity contribution in [1.29, 1.82) is 0 Å². The Hall–Kier alpha value is -1.26. The first kappa shape index (κ1) is 12.8. The van der Waals surface area contributed by atoms with Gasteiger partial charge >= 0.3 is 0 Å². The van der Waals surface area contributed by atoms with Crippen LogP contribution >= 0.6 is 0 Å². The van der Waals surface area contributed by atoms with E-state index < -0.39 is 6.10 Å². The van der Waals surface area contributed by atoms with Gasteiger partial charge in [-0.15, -0.1) is 0 Å². The smallest absolute Gasteiger partial charge is 0.124 e. The molecule has 4 heteroatoms. The molecule has 0 bridgehead atoms. The number of piperidine rings is 1. The Kier molecular flexibility index (Phi) is 3.62. The molecule has 0 amide bonds. The fourth-order valence-electron chi connectivity index (χ4n) is 3.13. The van der Waals surface area contributed by atoms with E-state index >= 15 is 0 Å². The van der Waals surface area contributed by atoms with E-state index in [1.54, 1.807) is 7.11 Å². The van der Waals surface area contributed by atoms with Crippen LogP contribution in [0, 0.1) is 0 Å². The third-order valence-corrected chi connectivity index (χ3v) is 4.09. The zero-order valence-corrected chi connectivity index (χ0v) is 11.3. The Labute approximate surface area is 113 Å². The van der Waals surface area contributed by atoms with Crippen LogP contribution in [0.5, 0.6) is 11.5 Å². The van der Waals surface area contributed by atoms with Crippen LogP contribution in [0.25, 0.3) is 0 Å². The summed E-state index contributed by atoms with van der Waals surface area (Å²) in [6.07, 6.45) is 3.26. The average molecular weight is 263 g/mol. The minimum absolute atomic E-state index is 0.0409. The maximum atomic E-state index is 10.3. The highest BCUT2D eigenvalue weighted by atomic mass is 16.5. The Bertz CT molecular complexity index is 443. The molecule has 1 fully saturated rings. The Morgan fingerprint density at radius 3 is 2.79 bits per heavy atom. The zero-order valence-electron chi connectivity index (χ0n) is 11.3. The van der Waals surface area contributed by atoms with Gasteiger partial charge in [-0.05, 0) is 44.1 Å². The maximum Gasteiger partial charge on any atom is 0.124 e. The minimum Gasteiger partial charge on any atom is -0.497 e. The predicted molar refractivity (Wildman–Crippen MR) is 72.7 cm³/mol. The molecule has 0 aliphatic carbocycles. The topological polar surface area (TPSA) is 41.9 Å². The highest BCUT2D eigenvalue weighted by Gasteiger charge is 2.34. The molecule has 2 heterocycles. The van der Waals surface area contributed by atoms with E-state index in [2.05, 4.69) is 4.90 Å².